The zero-order valence-corrected chi connectivity index (χ0v) is 11.4. The molecule has 4 nitrogen and oxygen atoms in total. The average Bonchev–Trinajstić information content (AvgIpc) is 2.45. The van der Waals surface area contributed by atoms with Gasteiger partial charge in [-0.2, -0.15) is 5.26 Å². The predicted molar refractivity (Wildman–Crippen MR) is 79.5 cm³/mol. The van der Waals surface area contributed by atoms with Gasteiger partial charge in [-0.15, -0.1) is 0 Å². The second kappa shape index (κ2) is 5.27. The van der Waals surface area contributed by atoms with Crippen molar-refractivity contribution in [3.05, 3.63) is 46.7 Å². The standard InChI is InChI=1S/C14H12ClFN4/c1-20(9-4-2-8(7-17)3-5-9)14-11(19)6-10(18)12(15)13(14)16/h2-6H,18-19H2,1H3. The molecule has 4 N–H and O–H groups in total. The molecule has 0 aromatic heterocycles. The van der Waals surface area contributed by atoms with Crippen LogP contribution in [0.1, 0.15) is 5.56 Å². The van der Waals surface area contributed by atoms with E-state index in [1.165, 1.54) is 6.07 Å². The second-order valence-electron chi connectivity index (χ2n) is 4.25. The number of benzene rings is 2. The molecule has 0 radical (unpaired) electrons. The highest BCUT2D eigenvalue weighted by atomic mass is 35.5. The minimum atomic E-state index is -0.670. The Labute approximate surface area is 121 Å². The SMILES string of the molecule is CN(c1ccc(C#N)cc1)c1c(N)cc(N)c(Cl)c1F. The largest absolute Gasteiger partial charge is 0.397 e. The van der Waals surface area contributed by atoms with Gasteiger partial charge in [-0.3, -0.25) is 0 Å². The lowest BCUT2D eigenvalue weighted by atomic mass is 10.1. The molecule has 6 heteroatoms. The van der Waals surface area contributed by atoms with Gasteiger partial charge in [0, 0.05) is 12.7 Å². The molecule has 0 aliphatic carbocycles. The highest BCUT2D eigenvalue weighted by Crippen LogP contribution is 2.38. The number of nitrogens with zero attached hydrogens (tertiary/aromatic N) is 2. The Morgan fingerprint density at radius 1 is 1.20 bits per heavy atom. The maximum absolute atomic E-state index is 14.2. The zero-order valence-electron chi connectivity index (χ0n) is 10.7. The number of hydrogen-bond acceptors (Lipinski definition) is 4. The van der Waals surface area contributed by atoms with Crippen molar-refractivity contribution in [3.8, 4) is 6.07 Å². The van der Waals surface area contributed by atoms with E-state index in [1.54, 1.807) is 36.2 Å². The summed E-state index contributed by atoms with van der Waals surface area (Å²) in [6.07, 6.45) is 0. The topological polar surface area (TPSA) is 79.1 Å². The minimum Gasteiger partial charge on any atom is -0.397 e. The van der Waals surface area contributed by atoms with Crippen molar-refractivity contribution in [2.45, 2.75) is 0 Å². The molecule has 0 unspecified atom stereocenters. The van der Waals surface area contributed by atoms with E-state index in [9.17, 15) is 4.39 Å². The van der Waals surface area contributed by atoms with E-state index >= 15 is 0 Å². The first-order valence-corrected chi connectivity index (χ1v) is 6.10. The first kappa shape index (κ1) is 14.0. The Kier molecular flexibility index (Phi) is 3.68. The third-order valence-electron chi connectivity index (χ3n) is 2.96. The summed E-state index contributed by atoms with van der Waals surface area (Å²) in [4.78, 5) is 1.55. The van der Waals surface area contributed by atoms with Gasteiger partial charge in [0.05, 0.1) is 23.0 Å². The van der Waals surface area contributed by atoms with Gasteiger partial charge in [-0.25, -0.2) is 4.39 Å². The smallest absolute Gasteiger partial charge is 0.169 e. The van der Waals surface area contributed by atoms with Crippen LogP contribution in [0, 0.1) is 17.1 Å². The van der Waals surface area contributed by atoms with E-state index < -0.39 is 5.82 Å². The van der Waals surface area contributed by atoms with Crippen LogP contribution in [-0.2, 0) is 0 Å². The van der Waals surface area contributed by atoms with Crippen LogP contribution in [0.25, 0.3) is 0 Å². The molecule has 0 aliphatic heterocycles. The summed E-state index contributed by atoms with van der Waals surface area (Å²) in [6, 6.07) is 10.1. The number of nitrogen functional groups attached to an aromatic ring is 2. The molecular formula is C14H12ClFN4. The third-order valence-corrected chi connectivity index (χ3v) is 3.34. The van der Waals surface area contributed by atoms with E-state index in [0.29, 0.717) is 11.3 Å². The number of anilines is 4. The van der Waals surface area contributed by atoms with Crippen molar-refractivity contribution in [2.75, 3.05) is 23.4 Å². The maximum Gasteiger partial charge on any atom is 0.169 e. The summed E-state index contributed by atoms with van der Waals surface area (Å²) in [5.41, 5.74) is 13.0. The zero-order chi connectivity index (χ0) is 14.9. The molecule has 0 amide bonds. The van der Waals surface area contributed by atoms with Gasteiger partial charge in [0.15, 0.2) is 5.82 Å². The van der Waals surface area contributed by atoms with E-state index in [-0.39, 0.29) is 22.1 Å². The van der Waals surface area contributed by atoms with Crippen LogP contribution in [0.5, 0.6) is 0 Å². The van der Waals surface area contributed by atoms with Crippen LogP contribution in [0.15, 0.2) is 30.3 Å². The fraction of sp³-hybridized carbons (Fsp3) is 0.0714. The minimum absolute atomic E-state index is 0.0960. The van der Waals surface area contributed by atoms with Crippen LogP contribution in [-0.4, -0.2) is 7.05 Å². The lowest BCUT2D eigenvalue weighted by molar-refractivity contribution is 0.629. The fourth-order valence-electron chi connectivity index (χ4n) is 1.89. The van der Waals surface area contributed by atoms with Crippen molar-refractivity contribution in [2.24, 2.45) is 0 Å². The Hall–Kier alpha value is -2.45. The van der Waals surface area contributed by atoms with E-state index in [4.69, 9.17) is 28.3 Å². The molecule has 0 bridgehead atoms. The molecule has 0 fully saturated rings. The predicted octanol–water partition coefficient (Wildman–Crippen LogP) is 3.28. The lowest BCUT2D eigenvalue weighted by Crippen LogP contribution is -2.14. The van der Waals surface area contributed by atoms with Crippen LogP contribution in [0.3, 0.4) is 0 Å². The average molecular weight is 291 g/mol. The summed E-state index contributed by atoms with van der Waals surface area (Å²) in [6.45, 7) is 0. The fourth-order valence-corrected chi connectivity index (χ4v) is 2.03. The summed E-state index contributed by atoms with van der Waals surface area (Å²) in [5, 5.41) is 8.61. The van der Waals surface area contributed by atoms with Gasteiger partial charge in [-0.1, -0.05) is 11.6 Å². The van der Waals surface area contributed by atoms with Crippen molar-refractivity contribution >= 4 is 34.4 Å². The van der Waals surface area contributed by atoms with E-state index in [0.717, 1.165) is 0 Å². The summed E-state index contributed by atoms with van der Waals surface area (Å²) < 4.78 is 14.2. The first-order chi connectivity index (χ1) is 9.45. The summed E-state index contributed by atoms with van der Waals surface area (Å²) >= 11 is 5.81. The van der Waals surface area contributed by atoms with Crippen molar-refractivity contribution in [1.82, 2.24) is 0 Å². The van der Waals surface area contributed by atoms with E-state index in [1.807, 2.05) is 6.07 Å². The summed E-state index contributed by atoms with van der Waals surface area (Å²) in [7, 11) is 1.66. The van der Waals surface area contributed by atoms with Gasteiger partial charge < -0.3 is 16.4 Å². The molecule has 0 aliphatic rings. The van der Waals surface area contributed by atoms with Gasteiger partial charge in [0.25, 0.3) is 0 Å². The van der Waals surface area contributed by atoms with Gasteiger partial charge in [0.1, 0.15) is 10.7 Å². The summed E-state index contributed by atoms with van der Waals surface area (Å²) in [5.74, 6) is -0.670. The first-order valence-electron chi connectivity index (χ1n) is 5.72. The number of nitriles is 1. The third kappa shape index (κ3) is 2.33. The van der Waals surface area contributed by atoms with Crippen molar-refractivity contribution in [1.29, 1.82) is 5.26 Å². The molecule has 0 spiro atoms. The quantitative estimate of drug-likeness (QED) is 0.832. The lowest BCUT2D eigenvalue weighted by Gasteiger charge is -2.23. The molecule has 0 heterocycles. The number of rotatable bonds is 2. The Morgan fingerprint density at radius 2 is 1.80 bits per heavy atom. The second-order valence-corrected chi connectivity index (χ2v) is 4.63. The van der Waals surface area contributed by atoms with Crippen LogP contribution in [0.2, 0.25) is 5.02 Å². The molecule has 2 aromatic carbocycles. The molecular weight excluding hydrogens is 279 g/mol. The van der Waals surface area contributed by atoms with Crippen molar-refractivity contribution in [3.63, 3.8) is 0 Å². The monoisotopic (exact) mass is 290 g/mol. The Morgan fingerprint density at radius 3 is 2.35 bits per heavy atom. The molecule has 2 aromatic rings. The van der Waals surface area contributed by atoms with Gasteiger partial charge in [-0.05, 0) is 30.3 Å². The van der Waals surface area contributed by atoms with Crippen LogP contribution >= 0.6 is 11.6 Å². The number of nitrogens with two attached hydrogens (primary N) is 2. The maximum atomic E-state index is 14.2. The number of hydrogen-bond donors (Lipinski definition) is 2. The molecule has 0 saturated carbocycles. The van der Waals surface area contributed by atoms with Crippen LogP contribution in [0.4, 0.5) is 27.1 Å². The molecule has 0 atom stereocenters. The number of halogens is 2. The normalized spacial score (nSPS) is 10.1. The highest BCUT2D eigenvalue weighted by molar-refractivity contribution is 6.33. The van der Waals surface area contributed by atoms with Gasteiger partial charge in [0.2, 0.25) is 0 Å². The molecule has 2 rings (SSSR count). The Balaban J connectivity index is 2.50. The molecule has 0 saturated heterocycles. The molecule has 20 heavy (non-hydrogen) atoms. The highest BCUT2D eigenvalue weighted by Gasteiger charge is 2.18. The Bertz CT molecular complexity index is 692. The van der Waals surface area contributed by atoms with E-state index in [2.05, 4.69) is 0 Å². The van der Waals surface area contributed by atoms with Crippen molar-refractivity contribution < 1.29 is 4.39 Å². The molecule has 102 valence electrons. The van der Waals surface area contributed by atoms with Gasteiger partial charge >= 0.3 is 0 Å². The van der Waals surface area contributed by atoms with Crippen LogP contribution < -0.4 is 16.4 Å².